The molecule has 0 aliphatic heterocycles. The smallest absolute Gasteiger partial charge is 0.149 e. The summed E-state index contributed by atoms with van der Waals surface area (Å²) in [5.41, 5.74) is 13.7. The molecule has 0 N–H and O–H groups in total. The predicted octanol–water partition coefficient (Wildman–Crippen LogP) is 10.7. The number of aryl methyl sites for hydroxylation is 4. The Labute approximate surface area is 293 Å². The van der Waals surface area contributed by atoms with Gasteiger partial charge in [-0.05, 0) is 114 Å². The summed E-state index contributed by atoms with van der Waals surface area (Å²) in [6, 6.07) is 30.2. The van der Waals surface area contributed by atoms with Gasteiger partial charge in [-0.3, -0.25) is 8.80 Å². The average molecular weight is 661 g/mol. The lowest BCUT2D eigenvalue weighted by Crippen LogP contribution is -2.00. The van der Waals surface area contributed by atoms with Gasteiger partial charge in [0.15, 0.2) is 0 Å². The van der Waals surface area contributed by atoms with Crippen molar-refractivity contribution in [1.82, 2.24) is 28.7 Å². The van der Waals surface area contributed by atoms with Crippen molar-refractivity contribution in [2.24, 2.45) is 0 Å². The number of hydrogen-bond acceptors (Lipinski definition) is 5. The van der Waals surface area contributed by atoms with E-state index in [1.54, 1.807) is 12.5 Å². The third-order valence-corrected chi connectivity index (χ3v) is 10.4. The molecular weight excluding hydrogens is 629 g/mol. The summed E-state index contributed by atoms with van der Waals surface area (Å²) in [6.07, 6.45) is 11.1. The summed E-state index contributed by atoms with van der Waals surface area (Å²) in [6.45, 7) is 8.84. The zero-order valence-electron chi connectivity index (χ0n) is 28.6. The van der Waals surface area contributed by atoms with Crippen LogP contribution in [-0.4, -0.2) is 28.7 Å². The summed E-state index contributed by atoms with van der Waals surface area (Å²) >= 11 is 0. The zero-order valence-corrected chi connectivity index (χ0v) is 28.6. The zero-order chi connectivity index (χ0) is 34.4. The number of aromatic nitrogens is 6. The lowest BCUT2D eigenvalue weighted by Gasteiger charge is -2.22. The third kappa shape index (κ3) is 4.31. The SMILES string of the molecule is Cc1cccc(C)c1-c1ccc2c3ccc(Oc4ccc5c6cncnc6n6ccnc6c5c4)cc3c3nccn3c2c1-c1c(C)cccc1C. The minimum absolute atomic E-state index is 0.721. The maximum atomic E-state index is 6.59. The van der Waals surface area contributed by atoms with E-state index < -0.39 is 0 Å². The van der Waals surface area contributed by atoms with Crippen molar-refractivity contribution in [3.8, 4) is 33.8 Å². The Morgan fingerprint density at radius 2 is 1.04 bits per heavy atom. The first-order chi connectivity index (χ1) is 25.0. The Morgan fingerprint density at radius 1 is 0.490 bits per heavy atom. The Kier molecular flexibility index (Phi) is 6.30. The van der Waals surface area contributed by atoms with Crippen LogP contribution in [0.3, 0.4) is 0 Å². The minimum atomic E-state index is 0.721. The first-order valence-corrected chi connectivity index (χ1v) is 17.1. The maximum absolute atomic E-state index is 6.59. The fraction of sp³-hybridized carbons (Fsp3) is 0.0909. The number of pyridine rings is 2. The molecule has 7 heteroatoms. The summed E-state index contributed by atoms with van der Waals surface area (Å²) in [7, 11) is 0. The number of fused-ring (bicyclic) bond motifs is 12. The summed E-state index contributed by atoms with van der Waals surface area (Å²) in [4.78, 5) is 18.4. The second kappa shape index (κ2) is 11.0. The van der Waals surface area contributed by atoms with Crippen LogP contribution in [0.15, 0.2) is 122 Å². The number of ether oxygens (including phenoxy) is 1. The average Bonchev–Trinajstić information content (AvgIpc) is 3.84. The van der Waals surface area contributed by atoms with Crippen LogP contribution < -0.4 is 4.74 Å². The molecule has 5 heterocycles. The number of nitrogens with zero attached hydrogens (tertiary/aromatic N) is 6. The molecule has 0 saturated carbocycles. The van der Waals surface area contributed by atoms with Gasteiger partial charge in [-0.25, -0.2) is 19.9 Å². The minimum Gasteiger partial charge on any atom is -0.457 e. The molecule has 0 saturated heterocycles. The van der Waals surface area contributed by atoms with E-state index in [-0.39, 0.29) is 0 Å². The first kappa shape index (κ1) is 29.3. The van der Waals surface area contributed by atoms with Gasteiger partial charge in [0.2, 0.25) is 0 Å². The van der Waals surface area contributed by atoms with Crippen LogP contribution in [0.2, 0.25) is 0 Å². The van der Waals surface area contributed by atoms with E-state index in [0.717, 1.165) is 66.3 Å². The van der Waals surface area contributed by atoms with Crippen molar-refractivity contribution in [2.45, 2.75) is 27.7 Å². The van der Waals surface area contributed by atoms with E-state index in [4.69, 9.17) is 9.72 Å². The van der Waals surface area contributed by atoms with E-state index in [1.807, 2.05) is 35.1 Å². The van der Waals surface area contributed by atoms with Gasteiger partial charge in [0.05, 0.1) is 5.52 Å². The molecule has 7 nitrogen and oxygen atoms in total. The Balaban J connectivity index is 1.19. The molecule has 0 spiro atoms. The van der Waals surface area contributed by atoms with Gasteiger partial charge < -0.3 is 4.74 Å². The fourth-order valence-corrected chi connectivity index (χ4v) is 8.18. The fourth-order valence-electron chi connectivity index (χ4n) is 8.18. The number of rotatable bonds is 4. The van der Waals surface area contributed by atoms with Crippen LogP contribution in [-0.2, 0) is 0 Å². The molecule has 0 bridgehead atoms. The van der Waals surface area contributed by atoms with E-state index in [1.165, 1.54) is 44.5 Å². The molecule has 10 rings (SSSR count). The van der Waals surface area contributed by atoms with Gasteiger partial charge in [-0.1, -0.05) is 48.5 Å². The van der Waals surface area contributed by atoms with Gasteiger partial charge in [0, 0.05) is 58.1 Å². The van der Waals surface area contributed by atoms with Gasteiger partial charge >= 0.3 is 0 Å². The molecule has 0 unspecified atom stereocenters. The molecule has 10 aromatic rings. The lowest BCUT2D eigenvalue weighted by molar-refractivity contribution is 0.484. The molecule has 0 radical (unpaired) electrons. The standard InChI is InChI=1S/C44H32N6O/c1-25-7-5-8-26(2)38(25)34-16-15-33-31-13-11-29(21-35(31)42-46-17-19-49(42)41(33)40(34)39-27(3)9-6-10-28(39)4)51-30-12-14-32-36(22-30)43-47-18-20-50(43)44-37(32)23-45-24-48-44/h5-24H,1-4H3. The largest absolute Gasteiger partial charge is 0.457 e. The third-order valence-electron chi connectivity index (χ3n) is 10.4. The highest BCUT2D eigenvalue weighted by Gasteiger charge is 2.22. The highest BCUT2D eigenvalue weighted by Crippen LogP contribution is 2.45. The van der Waals surface area contributed by atoms with Crippen molar-refractivity contribution in [1.29, 1.82) is 0 Å². The molecule has 0 amide bonds. The van der Waals surface area contributed by atoms with Gasteiger partial charge in [0.25, 0.3) is 0 Å². The van der Waals surface area contributed by atoms with Crippen LogP contribution in [0.1, 0.15) is 22.3 Å². The lowest BCUT2D eigenvalue weighted by atomic mass is 9.84. The molecular formula is C44H32N6O. The first-order valence-electron chi connectivity index (χ1n) is 17.1. The van der Waals surface area contributed by atoms with Gasteiger partial charge in [-0.2, -0.15) is 0 Å². The van der Waals surface area contributed by atoms with Crippen molar-refractivity contribution in [3.63, 3.8) is 0 Å². The van der Waals surface area contributed by atoms with E-state index in [9.17, 15) is 0 Å². The van der Waals surface area contributed by atoms with Crippen LogP contribution >= 0.6 is 0 Å². The molecule has 244 valence electrons. The highest BCUT2D eigenvalue weighted by molar-refractivity contribution is 6.18. The van der Waals surface area contributed by atoms with Crippen LogP contribution in [0.4, 0.5) is 0 Å². The summed E-state index contributed by atoms with van der Waals surface area (Å²) in [5, 5.41) is 6.28. The van der Waals surface area contributed by atoms with E-state index in [2.05, 4.69) is 126 Å². The summed E-state index contributed by atoms with van der Waals surface area (Å²) < 4.78 is 10.9. The van der Waals surface area contributed by atoms with Crippen LogP contribution in [0.25, 0.3) is 77.0 Å². The Bertz CT molecular complexity index is 3020. The maximum Gasteiger partial charge on any atom is 0.149 e. The monoisotopic (exact) mass is 660 g/mol. The molecule has 0 aliphatic rings. The van der Waals surface area contributed by atoms with Crippen LogP contribution in [0.5, 0.6) is 11.5 Å². The molecule has 51 heavy (non-hydrogen) atoms. The summed E-state index contributed by atoms with van der Waals surface area (Å²) in [5.74, 6) is 1.45. The number of imidazole rings is 2. The molecule has 5 aromatic carbocycles. The van der Waals surface area contributed by atoms with Crippen LogP contribution in [0, 0.1) is 27.7 Å². The quantitative estimate of drug-likeness (QED) is 0.176. The van der Waals surface area contributed by atoms with Gasteiger partial charge in [0.1, 0.15) is 34.8 Å². The van der Waals surface area contributed by atoms with E-state index in [0.29, 0.717) is 0 Å². The molecule has 0 fully saturated rings. The molecule has 5 aromatic heterocycles. The number of benzene rings is 5. The Hall–Kier alpha value is -6.60. The molecule has 0 atom stereocenters. The topological polar surface area (TPSA) is 69.6 Å². The number of hydrogen-bond donors (Lipinski definition) is 0. The van der Waals surface area contributed by atoms with Crippen molar-refractivity contribution >= 4 is 54.8 Å². The van der Waals surface area contributed by atoms with Crippen molar-refractivity contribution < 1.29 is 4.74 Å². The normalized spacial score (nSPS) is 11.9. The Morgan fingerprint density at radius 3 is 1.71 bits per heavy atom. The highest BCUT2D eigenvalue weighted by atomic mass is 16.5. The van der Waals surface area contributed by atoms with Gasteiger partial charge in [-0.15, -0.1) is 0 Å². The second-order valence-electron chi connectivity index (χ2n) is 13.4. The van der Waals surface area contributed by atoms with Crippen molar-refractivity contribution in [3.05, 3.63) is 144 Å². The van der Waals surface area contributed by atoms with Crippen molar-refractivity contribution in [2.75, 3.05) is 0 Å². The van der Waals surface area contributed by atoms with E-state index >= 15 is 0 Å². The molecule has 0 aliphatic carbocycles. The predicted molar refractivity (Wildman–Crippen MR) is 206 cm³/mol. The second-order valence-corrected chi connectivity index (χ2v) is 13.4.